The van der Waals surface area contributed by atoms with Gasteiger partial charge in [0.2, 0.25) is 5.76 Å². The molecular formula is C11H15F3N2O. The Kier molecular flexibility index (Phi) is 3.42. The van der Waals surface area contributed by atoms with Gasteiger partial charge in [-0.15, -0.1) is 0 Å². The molecule has 1 N–H and O–H groups in total. The standard InChI is InChI=1S/C11H15F3N2O/c1-2-8-9(11(12,13)14)17-10(16-8)7-3-5-15-6-4-7/h7,15H,2-6H2,1H3. The molecule has 1 aliphatic heterocycles. The van der Waals surface area contributed by atoms with Crippen LogP contribution in [0.25, 0.3) is 0 Å². The number of halogens is 3. The van der Waals surface area contributed by atoms with E-state index in [2.05, 4.69) is 10.3 Å². The molecule has 0 spiro atoms. The van der Waals surface area contributed by atoms with Crippen LogP contribution in [-0.2, 0) is 12.6 Å². The van der Waals surface area contributed by atoms with E-state index in [1.165, 1.54) is 0 Å². The van der Waals surface area contributed by atoms with Crippen LogP contribution in [-0.4, -0.2) is 18.1 Å². The molecule has 0 aromatic carbocycles. The first-order chi connectivity index (χ1) is 8.02. The summed E-state index contributed by atoms with van der Waals surface area (Å²) in [7, 11) is 0. The van der Waals surface area contributed by atoms with Crippen LogP contribution in [0, 0.1) is 0 Å². The summed E-state index contributed by atoms with van der Waals surface area (Å²) in [4.78, 5) is 4.00. The number of nitrogens with one attached hydrogen (secondary N) is 1. The van der Waals surface area contributed by atoms with Crippen molar-refractivity contribution in [2.45, 2.75) is 38.3 Å². The average Bonchev–Trinajstić information content (AvgIpc) is 2.74. The zero-order chi connectivity index (χ0) is 12.5. The number of oxazole rings is 1. The maximum absolute atomic E-state index is 12.7. The summed E-state index contributed by atoms with van der Waals surface area (Å²) in [6.07, 6.45) is -2.64. The third-order valence-corrected chi connectivity index (χ3v) is 2.99. The predicted molar refractivity (Wildman–Crippen MR) is 55.7 cm³/mol. The molecule has 1 aromatic rings. The van der Waals surface area contributed by atoms with Gasteiger partial charge >= 0.3 is 6.18 Å². The molecule has 0 saturated carbocycles. The first-order valence-corrected chi connectivity index (χ1v) is 5.80. The number of hydrogen-bond donors (Lipinski definition) is 1. The SMILES string of the molecule is CCc1nc(C2CCNCC2)oc1C(F)(F)F. The summed E-state index contributed by atoms with van der Waals surface area (Å²) in [5.74, 6) is -0.665. The molecular weight excluding hydrogens is 233 g/mol. The minimum absolute atomic E-state index is 0.0117. The Labute approximate surface area is 97.4 Å². The van der Waals surface area contributed by atoms with Gasteiger partial charge in [-0.3, -0.25) is 0 Å². The van der Waals surface area contributed by atoms with Crippen LogP contribution >= 0.6 is 0 Å². The van der Waals surface area contributed by atoms with Gasteiger partial charge in [0.25, 0.3) is 0 Å². The summed E-state index contributed by atoms with van der Waals surface area (Å²) in [6, 6.07) is 0. The van der Waals surface area contributed by atoms with Crippen LogP contribution in [0.2, 0.25) is 0 Å². The Morgan fingerprint density at radius 2 is 2.00 bits per heavy atom. The molecule has 0 radical (unpaired) electrons. The second-order valence-corrected chi connectivity index (χ2v) is 4.20. The molecule has 1 saturated heterocycles. The molecule has 0 bridgehead atoms. The molecule has 1 aliphatic rings. The van der Waals surface area contributed by atoms with Gasteiger partial charge in [-0.1, -0.05) is 6.92 Å². The van der Waals surface area contributed by atoms with Crippen molar-refractivity contribution < 1.29 is 17.6 Å². The van der Waals surface area contributed by atoms with Crippen molar-refractivity contribution in [1.29, 1.82) is 0 Å². The fourth-order valence-electron chi connectivity index (χ4n) is 2.07. The lowest BCUT2D eigenvalue weighted by Gasteiger charge is -2.19. The van der Waals surface area contributed by atoms with Gasteiger partial charge in [-0.2, -0.15) is 13.2 Å². The summed E-state index contributed by atoms with van der Waals surface area (Å²) < 4.78 is 43.0. The quantitative estimate of drug-likeness (QED) is 0.874. The Hall–Kier alpha value is -1.04. The van der Waals surface area contributed by atoms with Crippen LogP contribution < -0.4 is 5.32 Å². The van der Waals surface area contributed by atoms with Crippen molar-refractivity contribution in [2.24, 2.45) is 0 Å². The molecule has 0 atom stereocenters. The Balaban J connectivity index is 2.27. The number of aryl methyl sites for hydroxylation is 1. The first kappa shape index (κ1) is 12.4. The fourth-order valence-corrected chi connectivity index (χ4v) is 2.07. The molecule has 0 amide bonds. The highest BCUT2D eigenvalue weighted by Crippen LogP contribution is 2.36. The highest BCUT2D eigenvalue weighted by molar-refractivity contribution is 5.15. The molecule has 1 aromatic heterocycles. The number of nitrogens with zero attached hydrogens (tertiary/aromatic N) is 1. The fraction of sp³-hybridized carbons (Fsp3) is 0.727. The Morgan fingerprint density at radius 1 is 1.35 bits per heavy atom. The second-order valence-electron chi connectivity index (χ2n) is 4.20. The van der Waals surface area contributed by atoms with E-state index in [1.54, 1.807) is 6.92 Å². The van der Waals surface area contributed by atoms with E-state index in [9.17, 15) is 13.2 Å². The molecule has 0 aliphatic carbocycles. The third-order valence-electron chi connectivity index (χ3n) is 2.99. The van der Waals surface area contributed by atoms with Gasteiger partial charge < -0.3 is 9.73 Å². The van der Waals surface area contributed by atoms with Gasteiger partial charge in [0.05, 0.1) is 5.69 Å². The van der Waals surface area contributed by atoms with Crippen molar-refractivity contribution in [1.82, 2.24) is 10.3 Å². The van der Waals surface area contributed by atoms with Crippen LogP contribution in [0.1, 0.15) is 43.0 Å². The summed E-state index contributed by atoms with van der Waals surface area (Å²) >= 11 is 0. The number of aromatic nitrogens is 1. The summed E-state index contributed by atoms with van der Waals surface area (Å²) in [5, 5.41) is 3.16. The largest absolute Gasteiger partial charge is 0.451 e. The molecule has 96 valence electrons. The van der Waals surface area contributed by atoms with E-state index in [1.807, 2.05) is 0 Å². The number of rotatable bonds is 2. The number of hydrogen-bond acceptors (Lipinski definition) is 3. The predicted octanol–water partition coefficient (Wildman–Crippen LogP) is 2.72. The molecule has 2 heterocycles. The van der Waals surface area contributed by atoms with Gasteiger partial charge in [0.15, 0.2) is 5.89 Å². The van der Waals surface area contributed by atoms with Gasteiger partial charge in [0, 0.05) is 5.92 Å². The molecule has 3 nitrogen and oxygen atoms in total. The summed E-state index contributed by atoms with van der Waals surface area (Å²) in [5.41, 5.74) is 0.0195. The van der Waals surface area contributed by atoms with E-state index in [0.717, 1.165) is 25.9 Å². The van der Waals surface area contributed by atoms with Gasteiger partial charge in [-0.25, -0.2) is 4.98 Å². The Morgan fingerprint density at radius 3 is 2.47 bits per heavy atom. The lowest BCUT2D eigenvalue weighted by atomic mass is 9.98. The van der Waals surface area contributed by atoms with Gasteiger partial charge in [-0.05, 0) is 32.4 Å². The molecule has 2 rings (SSSR count). The van der Waals surface area contributed by atoms with E-state index >= 15 is 0 Å². The first-order valence-electron chi connectivity index (χ1n) is 5.80. The third kappa shape index (κ3) is 2.62. The average molecular weight is 248 g/mol. The zero-order valence-corrected chi connectivity index (χ0v) is 9.60. The van der Waals surface area contributed by atoms with Crippen molar-refractivity contribution >= 4 is 0 Å². The van der Waals surface area contributed by atoms with Crippen molar-refractivity contribution in [3.8, 4) is 0 Å². The monoisotopic (exact) mass is 248 g/mol. The highest BCUT2D eigenvalue weighted by Gasteiger charge is 2.39. The van der Waals surface area contributed by atoms with Gasteiger partial charge in [0.1, 0.15) is 0 Å². The van der Waals surface area contributed by atoms with Crippen LogP contribution in [0.5, 0.6) is 0 Å². The van der Waals surface area contributed by atoms with E-state index in [0.29, 0.717) is 0 Å². The normalized spacial score (nSPS) is 18.6. The maximum atomic E-state index is 12.7. The van der Waals surface area contributed by atoms with E-state index in [4.69, 9.17) is 4.42 Å². The molecule has 0 unspecified atom stereocenters. The van der Waals surface area contributed by atoms with Crippen LogP contribution in [0.15, 0.2) is 4.42 Å². The Bertz CT molecular complexity index is 381. The lowest BCUT2D eigenvalue weighted by Crippen LogP contribution is -2.26. The highest BCUT2D eigenvalue weighted by atomic mass is 19.4. The maximum Gasteiger partial charge on any atom is 0.451 e. The topological polar surface area (TPSA) is 38.1 Å². The van der Waals surface area contributed by atoms with Crippen molar-refractivity contribution in [2.75, 3.05) is 13.1 Å². The molecule has 17 heavy (non-hydrogen) atoms. The molecule has 1 fully saturated rings. The molecule has 6 heteroatoms. The van der Waals surface area contributed by atoms with Crippen molar-refractivity contribution in [3.05, 3.63) is 17.3 Å². The number of alkyl halides is 3. The smallest absolute Gasteiger partial charge is 0.436 e. The summed E-state index contributed by atoms with van der Waals surface area (Å²) in [6.45, 7) is 3.25. The van der Waals surface area contributed by atoms with E-state index < -0.39 is 11.9 Å². The van der Waals surface area contributed by atoms with Crippen molar-refractivity contribution in [3.63, 3.8) is 0 Å². The lowest BCUT2D eigenvalue weighted by molar-refractivity contribution is -0.154. The van der Waals surface area contributed by atoms with E-state index in [-0.39, 0.29) is 23.9 Å². The zero-order valence-electron chi connectivity index (χ0n) is 9.60. The minimum Gasteiger partial charge on any atom is -0.436 e. The van der Waals surface area contributed by atoms with Crippen LogP contribution in [0.3, 0.4) is 0 Å². The number of piperidine rings is 1. The second kappa shape index (κ2) is 4.68. The minimum atomic E-state index is -4.44. The van der Waals surface area contributed by atoms with Crippen LogP contribution in [0.4, 0.5) is 13.2 Å².